The van der Waals surface area contributed by atoms with Gasteiger partial charge in [0, 0.05) is 13.2 Å². The molecule has 3 aliphatic rings. The second-order valence-corrected chi connectivity index (χ2v) is 10.1. The Kier molecular flexibility index (Phi) is 6.87. The maximum atomic E-state index is 9.90. The van der Waals surface area contributed by atoms with Gasteiger partial charge in [0.15, 0.2) is 0 Å². The van der Waals surface area contributed by atoms with Crippen LogP contribution in [0.2, 0.25) is 0 Å². The molecule has 3 heteroatoms. The van der Waals surface area contributed by atoms with Gasteiger partial charge in [0.2, 0.25) is 0 Å². The predicted molar refractivity (Wildman–Crippen MR) is 111 cm³/mol. The summed E-state index contributed by atoms with van der Waals surface area (Å²) in [7, 11) is 0. The Bertz CT molecular complexity index is 556. The normalized spacial score (nSPS) is 37.7. The second-order valence-electron chi connectivity index (χ2n) is 10.1. The summed E-state index contributed by atoms with van der Waals surface area (Å²) in [5, 5.41) is 19.8. The summed E-state index contributed by atoms with van der Waals surface area (Å²) in [6.07, 6.45) is 15.8. The van der Waals surface area contributed by atoms with Gasteiger partial charge in [0.25, 0.3) is 0 Å². The van der Waals surface area contributed by atoms with Crippen molar-refractivity contribution in [2.24, 2.45) is 17.3 Å². The van der Waals surface area contributed by atoms with Gasteiger partial charge in [-0.05, 0) is 95.3 Å². The van der Waals surface area contributed by atoms with Crippen molar-refractivity contribution in [3.05, 3.63) is 23.3 Å². The van der Waals surface area contributed by atoms with E-state index in [1.807, 2.05) is 13.8 Å². The van der Waals surface area contributed by atoms with Gasteiger partial charge in [-0.1, -0.05) is 30.2 Å². The van der Waals surface area contributed by atoms with Gasteiger partial charge in [-0.3, -0.25) is 0 Å². The number of hydrogen-bond donors (Lipinski definition) is 2. The van der Waals surface area contributed by atoms with E-state index in [4.69, 9.17) is 4.74 Å². The van der Waals surface area contributed by atoms with Crippen molar-refractivity contribution in [1.29, 1.82) is 0 Å². The number of allylic oxidation sites excluding steroid dienone is 3. The third-order valence-electron chi connectivity index (χ3n) is 7.40. The van der Waals surface area contributed by atoms with Crippen LogP contribution in [0.3, 0.4) is 0 Å². The SMILES string of the molecule is CC(C)(O)CCOCC1CCC2/C(=C/C=C3/CCCC(O)C3)CCCC12C. The lowest BCUT2D eigenvalue weighted by Gasteiger charge is -2.42. The fourth-order valence-electron chi connectivity index (χ4n) is 5.62. The van der Waals surface area contributed by atoms with Crippen LogP contribution < -0.4 is 0 Å². The molecule has 3 nitrogen and oxygen atoms in total. The standard InChI is InChI=1S/C24H40O3/c1-23(2,26)14-15-27-17-20-11-12-22-19(7-5-13-24(20,22)3)10-9-18-6-4-8-21(25)16-18/h9-10,20-22,25-26H,4-8,11-17H2,1-3H3/b18-9-,19-10+. The van der Waals surface area contributed by atoms with Crippen LogP contribution in [0.4, 0.5) is 0 Å². The van der Waals surface area contributed by atoms with Crippen LogP contribution in [0.25, 0.3) is 0 Å². The van der Waals surface area contributed by atoms with E-state index in [-0.39, 0.29) is 6.10 Å². The molecule has 3 rings (SSSR count). The van der Waals surface area contributed by atoms with Crippen LogP contribution in [0, 0.1) is 17.3 Å². The molecule has 0 spiro atoms. The van der Waals surface area contributed by atoms with Crippen LogP contribution in [0.1, 0.15) is 85.0 Å². The summed E-state index contributed by atoms with van der Waals surface area (Å²) in [5.41, 5.74) is 2.79. The number of hydrogen-bond acceptors (Lipinski definition) is 3. The molecule has 27 heavy (non-hydrogen) atoms. The van der Waals surface area contributed by atoms with E-state index in [0.717, 1.165) is 32.3 Å². The minimum absolute atomic E-state index is 0.128. The molecule has 2 N–H and O–H groups in total. The van der Waals surface area contributed by atoms with Gasteiger partial charge in [-0.15, -0.1) is 0 Å². The average molecular weight is 377 g/mol. The second kappa shape index (κ2) is 8.80. The molecule has 3 fully saturated rings. The van der Waals surface area contributed by atoms with Gasteiger partial charge in [-0.25, -0.2) is 0 Å². The van der Waals surface area contributed by atoms with Gasteiger partial charge in [0.1, 0.15) is 0 Å². The summed E-state index contributed by atoms with van der Waals surface area (Å²) in [5.74, 6) is 1.33. The molecule has 0 bridgehead atoms. The van der Waals surface area contributed by atoms with Crippen LogP contribution in [-0.2, 0) is 4.74 Å². The first-order valence-corrected chi connectivity index (χ1v) is 11.1. The molecule has 0 amide bonds. The lowest BCUT2D eigenvalue weighted by atomic mass is 9.63. The molecule has 0 heterocycles. The number of rotatable bonds is 6. The first-order chi connectivity index (χ1) is 12.8. The number of ether oxygens (including phenoxy) is 1. The molecule has 0 radical (unpaired) electrons. The molecule has 154 valence electrons. The molecule has 3 saturated carbocycles. The lowest BCUT2D eigenvalue weighted by molar-refractivity contribution is -0.000946. The Morgan fingerprint density at radius 2 is 1.96 bits per heavy atom. The van der Waals surface area contributed by atoms with Gasteiger partial charge in [0.05, 0.1) is 11.7 Å². The lowest BCUT2D eigenvalue weighted by Crippen LogP contribution is -2.35. The van der Waals surface area contributed by atoms with E-state index in [9.17, 15) is 10.2 Å². The Balaban J connectivity index is 1.60. The Labute approximate surface area is 165 Å². The molecular formula is C24H40O3. The van der Waals surface area contributed by atoms with Crippen molar-refractivity contribution in [3.8, 4) is 0 Å². The molecule has 0 aliphatic heterocycles. The van der Waals surface area contributed by atoms with Gasteiger partial charge >= 0.3 is 0 Å². The fourth-order valence-corrected chi connectivity index (χ4v) is 5.62. The summed E-state index contributed by atoms with van der Waals surface area (Å²) in [4.78, 5) is 0. The topological polar surface area (TPSA) is 49.7 Å². The van der Waals surface area contributed by atoms with Crippen molar-refractivity contribution < 1.29 is 14.9 Å². The van der Waals surface area contributed by atoms with E-state index in [1.54, 1.807) is 5.57 Å². The minimum atomic E-state index is -0.636. The van der Waals surface area contributed by atoms with Gasteiger partial charge < -0.3 is 14.9 Å². The van der Waals surface area contributed by atoms with Crippen molar-refractivity contribution in [3.63, 3.8) is 0 Å². The van der Waals surface area contributed by atoms with E-state index in [1.165, 1.54) is 37.7 Å². The van der Waals surface area contributed by atoms with Crippen molar-refractivity contribution in [1.82, 2.24) is 0 Å². The zero-order valence-corrected chi connectivity index (χ0v) is 17.7. The highest BCUT2D eigenvalue weighted by molar-refractivity contribution is 5.25. The fraction of sp³-hybridized carbons (Fsp3) is 0.833. The summed E-state index contributed by atoms with van der Waals surface area (Å²) >= 11 is 0. The number of aliphatic hydroxyl groups excluding tert-OH is 1. The highest BCUT2D eigenvalue weighted by Gasteiger charge is 2.49. The summed E-state index contributed by atoms with van der Waals surface area (Å²) in [6.45, 7) is 7.67. The van der Waals surface area contributed by atoms with Crippen LogP contribution in [0.5, 0.6) is 0 Å². The average Bonchev–Trinajstić information content (AvgIpc) is 2.93. The smallest absolute Gasteiger partial charge is 0.0613 e. The van der Waals surface area contributed by atoms with E-state index < -0.39 is 5.60 Å². The van der Waals surface area contributed by atoms with Gasteiger partial charge in [-0.2, -0.15) is 0 Å². The molecule has 0 saturated heterocycles. The molecule has 0 aromatic heterocycles. The quantitative estimate of drug-likeness (QED) is 0.629. The summed E-state index contributed by atoms with van der Waals surface area (Å²) in [6, 6.07) is 0. The Morgan fingerprint density at radius 1 is 1.15 bits per heavy atom. The molecule has 3 aliphatic carbocycles. The molecular weight excluding hydrogens is 336 g/mol. The Hall–Kier alpha value is -0.640. The predicted octanol–water partition coefficient (Wildman–Crippen LogP) is 5.17. The third kappa shape index (κ3) is 5.46. The molecule has 0 aromatic rings. The highest BCUT2D eigenvalue weighted by Crippen LogP contribution is 2.57. The van der Waals surface area contributed by atoms with Crippen molar-refractivity contribution in [2.45, 2.75) is 96.7 Å². The molecule has 0 aromatic carbocycles. The molecule has 4 unspecified atom stereocenters. The van der Waals surface area contributed by atoms with Crippen molar-refractivity contribution >= 4 is 0 Å². The summed E-state index contributed by atoms with van der Waals surface area (Å²) < 4.78 is 5.99. The van der Waals surface area contributed by atoms with Crippen LogP contribution >= 0.6 is 0 Å². The Morgan fingerprint density at radius 3 is 2.70 bits per heavy atom. The maximum absolute atomic E-state index is 9.90. The maximum Gasteiger partial charge on any atom is 0.0613 e. The molecule has 4 atom stereocenters. The number of fused-ring (bicyclic) bond motifs is 1. The van der Waals surface area contributed by atoms with Crippen LogP contribution in [0.15, 0.2) is 23.3 Å². The van der Waals surface area contributed by atoms with E-state index in [2.05, 4.69) is 19.1 Å². The first kappa shape index (κ1) is 21.1. The van der Waals surface area contributed by atoms with Crippen LogP contribution in [-0.4, -0.2) is 35.1 Å². The monoisotopic (exact) mass is 376 g/mol. The van der Waals surface area contributed by atoms with E-state index >= 15 is 0 Å². The number of aliphatic hydroxyl groups is 2. The van der Waals surface area contributed by atoms with E-state index in [0.29, 0.717) is 30.3 Å². The zero-order valence-electron chi connectivity index (χ0n) is 17.7. The zero-order chi connectivity index (χ0) is 19.5. The van der Waals surface area contributed by atoms with Crippen molar-refractivity contribution in [2.75, 3.05) is 13.2 Å². The largest absolute Gasteiger partial charge is 0.393 e. The third-order valence-corrected chi connectivity index (χ3v) is 7.40. The first-order valence-electron chi connectivity index (χ1n) is 11.1. The highest BCUT2D eigenvalue weighted by atomic mass is 16.5. The minimum Gasteiger partial charge on any atom is -0.393 e.